The van der Waals surface area contributed by atoms with Gasteiger partial charge < -0.3 is 15.4 Å². The summed E-state index contributed by atoms with van der Waals surface area (Å²) in [6.07, 6.45) is 2.04. The van der Waals surface area contributed by atoms with E-state index < -0.39 is 17.7 Å². The first kappa shape index (κ1) is 14.4. The number of nitrogens with two attached hydrogens (primary N) is 1. The predicted molar refractivity (Wildman–Crippen MR) is 73.9 cm³/mol. The molecule has 0 aliphatic carbocycles. The van der Waals surface area contributed by atoms with E-state index in [-0.39, 0.29) is 11.8 Å². The monoisotopic (exact) mass is 296 g/mol. The highest BCUT2D eigenvalue weighted by molar-refractivity contribution is 5.99. The number of nitrogens with zero attached hydrogens (tertiary/aromatic N) is 1. The molecular weight excluding hydrogens is 278 g/mol. The molecule has 2 aliphatic rings. The third kappa shape index (κ3) is 2.65. The van der Waals surface area contributed by atoms with Crippen LogP contribution < -0.4 is 10.6 Å². The highest BCUT2D eigenvalue weighted by Gasteiger charge is 2.34. The van der Waals surface area contributed by atoms with Crippen LogP contribution >= 0.6 is 0 Å². The van der Waals surface area contributed by atoms with Crippen molar-refractivity contribution in [3.63, 3.8) is 0 Å². The molecule has 0 saturated carbocycles. The molecule has 1 saturated heterocycles. The lowest BCUT2D eigenvalue weighted by atomic mass is 9.91. The van der Waals surface area contributed by atoms with Gasteiger partial charge in [-0.25, -0.2) is 8.78 Å². The van der Waals surface area contributed by atoms with Crippen LogP contribution in [0.3, 0.4) is 0 Å². The summed E-state index contributed by atoms with van der Waals surface area (Å²) in [7, 11) is 0. The Kier molecular flexibility index (Phi) is 3.91. The predicted octanol–water partition coefficient (Wildman–Crippen LogP) is 1.61. The van der Waals surface area contributed by atoms with Crippen LogP contribution in [0.25, 0.3) is 0 Å². The van der Waals surface area contributed by atoms with Crippen molar-refractivity contribution < 1.29 is 18.3 Å². The van der Waals surface area contributed by atoms with Gasteiger partial charge in [0.2, 0.25) is 5.91 Å². The number of carbonyl (C=O) groups is 1. The minimum Gasteiger partial charge on any atom is -0.381 e. The quantitative estimate of drug-likeness (QED) is 0.902. The molecule has 0 radical (unpaired) electrons. The van der Waals surface area contributed by atoms with E-state index >= 15 is 0 Å². The second-order valence-corrected chi connectivity index (χ2v) is 5.61. The van der Waals surface area contributed by atoms with Crippen LogP contribution in [0.2, 0.25) is 0 Å². The molecule has 0 spiro atoms. The first-order valence-corrected chi connectivity index (χ1v) is 7.20. The van der Waals surface area contributed by atoms with E-state index in [4.69, 9.17) is 10.5 Å². The van der Waals surface area contributed by atoms with E-state index in [0.29, 0.717) is 37.4 Å². The average Bonchev–Trinajstić information content (AvgIpc) is 2.90. The summed E-state index contributed by atoms with van der Waals surface area (Å²) in [5.41, 5.74) is 7.18. The van der Waals surface area contributed by atoms with Crippen LogP contribution in [0.1, 0.15) is 18.4 Å². The van der Waals surface area contributed by atoms with E-state index in [1.807, 2.05) is 0 Å². The summed E-state index contributed by atoms with van der Waals surface area (Å²) in [6.45, 7) is 1.65. The molecule has 1 aromatic carbocycles. The fourth-order valence-corrected chi connectivity index (χ4v) is 3.07. The van der Waals surface area contributed by atoms with Gasteiger partial charge in [0.15, 0.2) is 11.6 Å². The maximum atomic E-state index is 13.4. The van der Waals surface area contributed by atoms with Gasteiger partial charge in [-0.1, -0.05) is 0 Å². The molecule has 6 heteroatoms. The standard InChI is InChI=1S/C15H18F2N2O2/c16-11-7-10-1-4-19(13(10)8-12(11)17)15(20)14(18)9-2-5-21-6-3-9/h7-9,14H,1-6,18H2. The van der Waals surface area contributed by atoms with Crippen LogP contribution in [0.5, 0.6) is 0 Å². The number of halogens is 2. The number of fused-ring (bicyclic) bond motifs is 1. The first-order chi connectivity index (χ1) is 10.1. The number of anilines is 1. The van der Waals surface area contributed by atoms with Crippen molar-refractivity contribution in [2.75, 3.05) is 24.7 Å². The van der Waals surface area contributed by atoms with E-state index in [9.17, 15) is 13.6 Å². The van der Waals surface area contributed by atoms with Crippen LogP contribution in [0.15, 0.2) is 12.1 Å². The van der Waals surface area contributed by atoms with Gasteiger partial charge in [-0.15, -0.1) is 0 Å². The summed E-state index contributed by atoms with van der Waals surface area (Å²) >= 11 is 0. The van der Waals surface area contributed by atoms with Gasteiger partial charge in [-0.05, 0) is 36.8 Å². The Balaban J connectivity index is 1.79. The molecule has 1 atom stereocenters. The second kappa shape index (κ2) is 5.69. The zero-order valence-corrected chi connectivity index (χ0v) is 11.6. The van der Waals surface area contributed by atoms with Crippen LogP contribution in [0.4, 0.5) is 14.5 Å². The fraction of sp³-hybridized carbons (Fsp3) is 0.533. The second-order valence-electron chi connectivity index (χ2n) is 5.61. The Bertz CT molecular complexity index is 559. The molecule has 0 bridgehead atoms. The molecule has 1 fully saturated rings. The largest absolute Gasteiger partial charge is 0.381 e. The molecule has 114 valence electrons. The Morgan fingerprint density at radius 2 is 1.95 bits per heavy atom. The number of hydrogen-bond donors (Lipinski definition) is 1. The lowest BCUT2D eigenvalue weighted by Crippen LogP contribution is -2.48. The summed E-state index contributed by atoms with van der Waals surface area (Å²) in [5.74, 6) is -1.95. The zero-order valence-electron chi connectivity index (χ0n) is 11.6. The van der Waals surface area contributed by atoms with Crippen molar-refractivity contribution in [3.8, 4) is 0 Å². The SMILES string of the molecule is NC(C(=O)N1CCc2cc(F)c(F)cc21)C1CCOCC1. The molecule has 4 nitrogen and oxygen atoms in total. The van der Waals surface area contributed by atoms with Crippen molar-refractivity contribution in [2.24, 2.45) is 11.7 Å². The smallest absolute Gasteiger partial charge is 0.244 e. The molecule has 1 aromatic rings. The zero-order chi connectivity index (χ0) is 15.0. The maximum absolute atomic E-state index is 13.4. The number of hydrogen-bond acceptors (Lipinski definition) is 3. The van der Waals surface area contributed by atoms with Crippen LogP contribution in [-0.4, -0.2) is 31.7 Å². The number of benzene rings is 1. The number of carbonyl (C=O) groups excluding carboxylic acids is 1. The van der Waals surface area contributed by atoms with Gasteiger partial charge in [-0.3, -0.25) is 4.79 Å². The van der Waals surface area contributed by atoms with Crippen molar-refractivity contribution in [1.82, 2.24) is 0 Å². The van der Waals surface area contributed by atoms with Crippen LogP contribution in [-0.2, 0) is 16.0 Å². The molecule has 3 rings (SSSR count). The number of amides is 1. The van der Waals surface area contributed by atoms with E-state index in [2.05, 4.69) is 0 Å². The van der Waals surface area contributed by atoms with Crippen molar-refractivity contribution >= 4 is 11.6 Å². The van der Waals surface area contributed by atoms with Crippen molar-refractivity contribution in [1.29, 1.82) is 0 Å². The Labute approximate surface area is 121 Å². The Morgan fingerprint density at radius 1 is 1.29 bits per heavy atom. The van der Waals surface area contributed by atoms with Gasteiger partial charge in [0, 0.05) is 25.8 Å². The maximum Gasteiger partial charge on any atom is 0.244 e. The van der Waals surface area contributed by atoms with Gasteiger partial charge >= 0.3 is 0 Å². The Morgan fingerprint density at radius 3 is 2.67 bits per heavy atom. The minimum atomic E-state index is -0.937. The fourth-order valence-electron chi connectivity index (χ4n) is 3.07. The van der Waals surface area contributed by atoms with E-state index in [1.165, 1.54) is 4.90 Å². The van der Waals surface area contributed by atoms with Crippen molar-refractivity contribution in [2.45, 2.75) is 25.3 Å². The van der Waals surface area contributed by atoms with E-state index in [0.717, 1.165) is 25.0 Å². The summed E-state index contributed by atoms with van der Waals surface area (Å²) < 4.78 is 31.9. The third-order valence-corrected chi connectivity index (χ3v) is 4.34. The normalized spacial score (nSPS) is 20.4. The Hall–Kier alpha value is -1.53. The lowest BCUT2D eigenvalue weighted by molar-refractivity contribution is -0.121. The van der Waals surface area contributed by atoms with Gasteiger partial charge in [0.25, 0.3) is 0 Å². The lowest BCUT2D eigenvalue weighted by Gasteiger charge is -2.30. The molecule has 1 amide bonds. The first-order valence-electron chi connectivity index (χ1n) is 7.20. The molecule has 2 heterocycles. The van der Waals surface area contributed by atoms with Crippen molar-refractivity contribution in [3.05, 3.63) is 29.3 Å². The van der Waals surface area contributed by atoms with E-state index in [1.54, 1.807) is 0 Å². The minimum absolute atomic E-state index is 0.0839. The summed E-state index contributed by atoms with van der Waals surface area (Å²) in [5, 5.41) is 0. The summed E-state index contributed by atoms with van der Waals surface area (Å²) in [4.78, 5) is 14.0. The molecule has 21 heavy (non-hydrogen) atoms. The third-order valence-electron chi connectivity index (χ3n) is 4.34. The van der Waals surface area contributed by atoms with Crippen LogP contribution in [0, 0.1) is 17.6 Å². The highest BCUT2D eigenvalue weighted by Crippen LogP contribution is 2.31. The van der Waals surface area contributed by atoms with Gasteiger partial charge in [-0.2, -0.15) is 0 Å². The number of rotatable bonds is 2. The molecule has 2 aliphatic heterocycles. The molecule has 2 N–H and O–H groups in total. The topological polar surface area (TPSA) is 55.6 Å². The average molecular weight is 296 g/mol. The molecule has 0 aromatic heterocycles. The summed E-state index contributed by atoms with van der Waals surface area (Å²) in [6, 6.07) is 1.64. The van der Waals surface area contributed by atoms with Gasteiger partial charge in [0.05, 0.1) is 11.7 Å². The highest BCUT2D eigenvalue weighted by atomic mass is 19.2. The molecular formula is C15H18F2N2O2. The molecule has 1 unspecified atom stereocenters. The number of ether oxygens (including phenoxy) is 1. The van der Waals surface area contributed by atoms with Gasteiger partial charge in [0.1, 0.15) is 0 Å².